The van der Waals surface area contributed by atoms with Crippen molar-refractivity contribution in [2.75, 3.05) is 45.8 Å². The van der Waals surface area contributed by atoms with Crippen LogP contribution in [0.1, 0.15) is 11.3 Å². The van der Waals surface area contributed by atoms with Crippen LogP contribution in [0, 0.1) is 0 Å². The van der Waals surface area contributed by atoms with Crippen molar-refractivity contribution in [3.63, 3.8) is 0 Å². The highest BCUT2D eigenvalue weighted by molar-refractivity contribution is 7.09. The van der Waals surface area contributed by atoms with Gasteiger partial charge in [-0.05, 0) is 37.4 Å². The molecule has 1 aromatic rings. The lowest BCUT2D eigenvalue weighted by Crippen LogP contribution is -2.47. The summed E-state index contributed by atoms with van der Waals surface area (Å²) in [5.41, 5.74) is 5.54. The van der Waals surface area contributed by atoms with Crippen LogP contribution in [0.4, 0.5) is 0 Å². The monoisotopic (exact) mass is 253 g/mol. The average molecular weight is 253 g/mol. The summed E-state index contributed by atoms with van der Waals surface area (Å²) in [4.78, 5) is 6.63. The molecule has 1 aromatic heterocycles. The number of piperazine rings is 1. The second-order valence-corrected chi connectivity index (χ2v) is 5.69. The highest BCUT2D eigenvalue weighted by Crippen LogP contribution is 2.10. The Morgan fingerprint density at radius 1 is 1.12 bits per heavy atom. The first-order valence-corrected chi connectivity index (χ1v) is 7.43. The van der Waals surface area contributed by atoms with Crippen molar-refractivity contribution in [1.82, 2.24) is 9.80 Å². The molecule has 1 saturated heterocycles. The highest BCUT2D eigenvalue weighted by atomic mass is 32.1. The van der Waals surface area contributed by atoms with Gasteiger partial charge in [-0.25, -0.2) is 0 Å². The largest absolute Gasteiger partial charge is 0.330 e. The van der Waals surface area contributed by atoms with E-state index in [-0.39, 0.29) is 0 Å². The normalized spacial score (nSPS) is 18.6. The van der Waals surface area contributed by atoms with Crippen molar-refractivity contribution in [1.29, 1.82) is 0 Å². The van der Waals surface area contributed by atoms with Crippen LogP contribution >= 0.6 is 11.3 Å². The van der Waals surface area contributed by atoms with Crippen LogP contribution in [-0.4, -0.2) is 55.6 Å². The standard InChI is InChI=1S/C13H23N3S/c14-5-2-6-15-8-10-16(11-9-15)7-4-13-3-1-12-17-13/h1,3,12H,2,4-11,14H2. The maximum Gasteiger partial charge on any atom is 0.0110 e. The number of hydrogen-bond donors (Lipinski definition) is 1. The molecule has 0 unspecified atom stereocenters. The fourth-order valence-corrected chi connectivity index (χ4v) is 2.97. The van der Waals surface area contributed by atoms with E-state index in [2.05, 4.69) is 27.3 Å². The Balaban J connectivity index is 1.62. The van der Waals surface area contributed by atoms with Crippen LogP contribution in [-0.2, 0) is 6.42 Å². The number of hydrogen-bond acceptors (Lipinski definition) is 4. The number of thiophene rings is 1. The van der Waals surface area contributed by atoms with E-state index in [1.807, 2.05) is 11.3 Å². The third-order valence-electron chi connectivity index (χ3n) is 3.40. The van der Waals surface area contributed by atoms with Gasteiger partial charge in [0, 0.05) is 37.6 Å². The van der Waals surface area contributed by atoms with Gasteiger partial charge in [-0.3, -0.25) is 0 Å². The molecule has 4 heteroatoms. The molecule has 2 N–H and O–H groups in total. The average Bonchev–Trinajstić information content (AvgIpc) is 2.88. The van der Waals surface area contributed by atoms with Crippen molar-refractivity contribution in [3.05, 3.63) is 22.4 Å². The van der Waals surface area contributed by atoms with E-state index in [0.717, 1.165) is 13.0 Å². The molecule has 3 nitrogen and oxygen atoms in total. The minimum absolute atomic E-state index is 0.818. The maximum atomic E-state index is 5.54. The summed E-state index contributed by atoms with van der Waals surface area (Å²) >= 11 is 1.87. The minimum atomic E-state index is 0.818. The van der Waals surface area contributed by atoms with Gasteiger partial charge in [-0.1, -0.05) is 6.07 Å². The van der Waals surface area contributed by atoms with Gasteiger partial charge in [0.05, 0.1) is 0 Å². The zero-order valence-electron chi connectivity index (χ0n) is 10.5. The number of rotatable bonds is 6. The topological polar surface area (TPSA) is 32.5 Å². The molecule has 0 atom stereocenters. The molecule has 2 rings (SSSR count). The highest BCUT2D eigenvalue weighted by Gasteiger charge is 2.15. The van der Waals surface area contributed by atoms with Crippen LogP contribution in [0.2, 0.25) is 0 Å². The minimum Gasteiger partial charge on any atom is -0.330 e. The fourth-order valence-electron chi connectivity index (χ4n) is 2.27. The Kier molecular flexibility index (Phi) is 5.45. The lowest BCUT2D eigenvalue weighted by Gasteiger charge is -2.34. The van der Waals surface area contributed by atoms with Gasteiger partial charge in [-0.15, -0.1) is 11.3 Å². The second kappa shape index (κ2) is 7.11. The molecule has 0 bridgehead atoms. The van der Waals surface area contributed by atoms with E-state index < -0.39 is 0 Å². The summed E-state index contributed by atoms with van der Waals surface area (Å²) in [6, 6.07) is 4.38. The van der Waals surface area contributed by atoms with Crippen molar-refractivity contribution in [2.45, 2.75) is 12.8 Å². The molecule has 1 aliphatic rings. The number of nitrogens with zero attached hydrogens (tertiary/aromatic N) is 2. The molecule has 1 fully saturated rings. The predicted molar refractivity (Wildman–Crippen MR) is 74.6 cm³/mol. The first-order chi connectivity index (χ1) is 8.38. The fraction of sp³-hybridized carbons (Fsp3) is 0.692. The molecule has 0 radical (unpaired) electrons. The van der Waals surface area contributed by atoms with Crippen molar-refractivity contribution >= 4 is 11.3 Å². The van der Waals surface area contributed by atoms with Gasteiger partial charge in [-0.2, -0.15) is 0 Å². The van der Waals surface area contributed by atoms with Crippen molar-refractivity contribution < 1.29 is 0 Å². The van der Waals surface area contributed by atoms with Crippen LogP contribution in [0.25, 0.3) is 0 Å². The van der Waals surface area contributed by atoms with E-state index in [1.54, 1.807) is 0 Å². The smallest absolute Gasteiger partial charge is 0.0110 e. The molecule has 96 valence electrons. The predicted octanol–water partition coefficient (Wildman–Crippen LogP) is 1.26. The van der Waals surface area contributed by atoms with E-state index in [4.69, 9.17) is 5.73 Å². The quantitative estimate of drug-likeness (QED) is 0.828. The Labute approximate surface area is 108 Å². The van der Waals surface area contributed by atoms with Crippen LogP contribution in [0.5, 0.6) is 0 Å². The number of nitrogens with two attached hydrogens (primary N) is 1. The lowest BCUT2D eigenvalue weighted by molar-refractivity contribution is 0.133. The summed E-state index contributed by atoms with van der Waals surface area (Å²) in [6.07, 6.45) is 2.34. The Bertz CT molecular complexity index is 292. The SMILES string of the molecule is NCCCN1CCN(CCc2cccs2)CC1. The zero-order valence-corrected chi connectivity index (χ0v) is 11.3. The van der Waals surface area contributed by atoms with Gasteiger partial charge in [0.15, 0.2) is 0 Å². The lowest BCUT2D eigenvalue weighted by atomic mass is 10.2. The van der Waals surface area contributed by atoms with Crippen LogP contribution < -0.4 is 5.73 Å². The molecule has 0 aliphatic carbocycles. The van der Waals surface area contributed by atoms with Gasteiger partial charge in [0.25, 0.3) is 0 Å². The van der Waals surface area contributed by atoms with E-state index >= 15 is 0 Å². The Hall–Kier alpha value is -0.420. The van der Waals surface area contributed by atoms with Gasteiger partial charge < -0.3 is 15.5 Å². The Morgan fingerprint density at radius 2 is 1.82 bits per heavy atom. The van der Waals surface area contributed by atoms with Crippen molar-refractivity contribution in [3.8, 4) is 0 Å². The van der Waals surface area contributed by atoms with E-state index in [1.165, 1.54) is 50.6 Å². The molecule has 0 saturated carbocycles. The molecule has 0 amide bonds. The van der Waals surface area contributed by atoms with E-state index in [0.29, 0.717) is 0 Å². The summed E-state index contributed by atoms with van der Waals surface area (Å²) in [6.45, 7) is 8.07. The Morgan fingerprint density at radius 3 is 2.41 bits per heavy atom. The first kappa shape index (κ1) is 13.0. The maximum absolute atomic E-state index is 5.54. The summed E-state index contributed by atoms with van der Waals surface area (Å²) in [5, 5.41) is 2.17. The van der Waals surface area contributed by atoms with E-state index in [9.17, 15) is 0 Å². The van der Waals surface area contributed by atoms with Gasteiger partial charge in [0.2, 0.25) is 0 Å². The first-order valence-electron chi connectivity index (χ1n) is 6.55. The van der Waals surface area contributed by atoms with Crippen LogP contribution in [0.15, 0.2) is 17.5 Å². The molecule has 17 heavy (non-hydrogen) atoms. The molecular weight excluding hydrogens is 230 g/mol. The third kappa shape index (κ3) is 4.39. The summed E-state index contributed by atoms with van der Waals surface area (Å²) in [7, 11) is 0. The summed E-state index contributed by atoms with van der Waals surface area (Å²) < 4.78 is 0. The van der Waals surface area contributed by atoms with Gasteiger partial charge in [0.1, 0.15) is 0 Å². The third-order valence-corrected chi connectivity index (χ3v) is 4.33. The molecule has 0 spiro atoms. The van der Waals surface area contributed by atoms with Crippen LogP contribution in [0.3, 0.4) is 0 Å². The molecule has 2 heterocycles. The summed E-state index contributed by atoms with van der Waals surface area (Å²) in [5.74, 6) is 0. The van der Waals surface area contributed by atoms with Crippen molar-refractivity contribution in [2.24, 2.45) is 5.73 Å². The zero-order chi connectivity index (χ0) is 11.9. The molecular formula is C13H23N3S. The molecule has 0 aromatic carbocycles. The van der Waals surface area contributed by atoms with Gasteiger partial charge >= 0.3 is 0 Å². The molecule has 1 aliphatic heterocycles. The second-order valence-electron chi connectivity index (χ2n) is 4.65.